The van der Waals surface area contributed by atoms with Crippen molar-refractivity contribution >= 4 is 39.2 Å². The Morgan fingerprint density at radius 3 is 2.79 bits per heavy atom. The lowest BCUT2D eigenvalue weighted by Crippen LogP contribution is -2.06. The molecule has 5 nitrogen and oxygen atoms in total. The van der Waals surface area contributed by atoms with Gasteiger partial charge in [-0.3, -0.25) is 9.20 Å². The summed E-state index contributed by atoms with van der Waals surface area (Å²) in [6.07, 6.45) is 0. The summed E-state index contributed by atoms with van der Waals surface area (Å²) >= 11 is 1.60. The Balaban J connectivity index is 1.63. The van der Waals surface area contributed by atoms with Crippen molar-refractivity contribution in [3.05, 3.63) is 81.6 Å². The average molecular weight is 386 g/mol. The SMILES string of the molecule is Cc1ccc2cc(C)c3nnc(SCc4cc(=O)[nH]c5ccccc45)n3c2c1. The largest absolute Gasteiger partial charge is 0.322 e. The van der Waals surface area contributed by atoms with Gasteiger partial charge in [0.1, 0.15) is 0 Å². The lowest BCUT2D eigenvalue weighted by molar-refractivity contribution is 0.939. The second-order valence-electron chi connectivity index (χ2n) is 7.02. The van der Waals surface area contributed by atoms with Crippen LogP contribution in [-0.4, -0.2) is 19.6 Å². The second-order valence-corrected chi connectivity index (χ2v) is 7.97. The summed E-state index contributed by atoms with van der Waals surface area (Å²) < 4.78 is 2.12. The molecule has 5 rings (SSSR count). The van der Waals surface area contributed by atoms with E-state index >= 15 is 0 Å². The zero-order chi connectivity index (χ0) is 19.3. The lowest BCUT2D eigenvalue weighted by atomic mass is 10.1. The molecule has 0 aliphatic carbocycles. The number of H-pyrrole nitrogens is 1. The number of nitrogens with one attached hydrogen (secondary N) is 1. The summed E-state index contributed by atoms with van der Waals surface area (Å²) in [5.74, 6) is 0.645. The molecule has 0 atom stereocenters. The first-order valence-electron chi connectivity index (χ1n) is 9.09. The number of aromatic amines is 1. The fraction of sp³-hybridized carbons (Fsp3) is 0.136. The van der Waals surface area contributed by atoms with E-state index < -0.39 is 0 Å². The maximum atomic E-state index is 12.0. The molecule has 5 aromatic rings. The Kier molecular flexibility index (Phi) is 3.94. The minimum Gasteiger partial charge on any atom is -0.322 e. The molecule has 0 amide bonds. The second kappa shape index (κ2) is 6.49. The van der Waals surface area contributed by atoms with Crippen LogP contribution in [0.4, 0.5) is 0 Å². The highest BCUT2D eigenvalue weighted by Gasteiger charge is 2.13. The molecule has 0 bridgehead atoms. The molecule has 0 spiro atoms. The first-order valence-corrected chi connectivity index (χ1v) is 10.1. The topological polar surface area (TPSA) is 63.0 Å². The van der Waals surface area contributed by atoms with Gasteiger partial charge < -0.3 is 4.98 Å². The predicted molar refractivity (Wildman–Crippen MR) is 114 cm³/mol. The monoisotopic (exact) mass is 386 g/mol. The molecule has 2 aromatic carbocycles. The highest BCUT2D eigenvalue weighted by Crippen LogP contribution is 2.29. The minimum absolute atomic E-state index is 0.0858. The number of pyridine rings is 2. The van der Waals surface area contributed by atoms with Gasteiger partial charge in [0.2, 0.25) is 5.56 Å². The van der Waals surface area contributed by atoms with Crippen LogP contribution in [-0.2, 0) is 5.75 Å². The van der Waals surface area contributed by atoms with E-state index in [0.29, 0.717) is 5.75 Å². The van der Waals surface area contributed by atoms with Gasteiger partial charge in [0.05, 0.1) is 5.52 Å². The van der Waals surface area contributed by atoms with Crippen molar-refractivity contribution in [2.45, 2.75) is 24.8 Å². The lowest BCUT2D eigenvalue weighted by Gasteiger charge is -2.09. The van der Waals surface area contributed by atoms with Gasteiger partial charge in [-0.2, -0.15) is 0 Å². The molecular formula is C22H18N4OS. The highest BCUT2D eigenvalue weighted by molar-refractivity contribution is 7.98. The van der Waals surface area contributed by atoms with Gasteiger partial charge in [0, 0.05) is 22.7 Å². The van der Waals surface area contributed by atoms with E-state index in [0.717, 1.165) is 38.4 Å². The van der Waals surface area contributed by atoms with Crippen molar-refractivity contribution in [1.82, 2.24) is 19.6 Å². The van der Waals surface area contributed by atoms with Gasteiger partial charge in [-0.05, 0) is 54.1 Å². The Labute approximate surface area is 165 Å². The van der Waals surface area contributed by atoms with Gasteiger partial charge in [-0.1, -0.05) is 42.1 Å². The Morgan fingerprint density at radius 1 is 1.04 bits per heavy atom. The third-order valence-corrected chi connectivity index (χ3v) is 5.96. The Morgan fingerprint density at radius 2 is 1.89 bits per heavy atom. The number of thioether (sulfide) groups is 1. The number of fused-ring (bicyclic) bond motifs is 4. The van der Waals surface area contributed by atoms with Gasteiger partial charge in [-0.25, -0.2) is 0 Å². The number of benzene rings is 2. The number of rotatable bonds is 3. The van der Waals surface area contributed by atoms with E-state index in [4.69, 9.17) is 0 Å². The maximum Gasteiger partial charge on any atom is 0.248 e. The van der Waals surface area contributed by atoms with Gasteiger partial charge in [0.25, 0.3) is 0 Å². The first kappa shape index (κ1) is 17.0. The number of aryl methyl sites for hydroxylation is 2. The summed E-state index contributed by atoms with van der Waals surface area (Å²) in [4.78, 5) is 14.9. The van der Waals surface area contributed by atoms with E-state index in [1.165, 1.54) is 10.9 Å². The normalized spacial score (nSPS) is 11.6. The van der Waals surface area contributed by atoms with Crippen LogP contribution in [0.1, 0.15) is 16.7 Å². The summed E-state index contributed by atoms with van der Waals surface area (Å²) in [5.41, 5.74) is 6.03. The van der Waals surface area contributed by atoms with Crippen molar-refractivity contribution in [3.63, 3.8) is 0 Å². The van der Waals surface area contributed by atoms with Gasteiger partial charge in [-0.15, -0.1) is 10.2 Å². The van der Waals surface area contributed by atoms with Crippen LogP contribution >= 0.6 is 11.8 Å². The van der Waals surface area contributed by atoms with Crippen molar-refractivity contribution in [3.8, 4) is 0 Å². The number of aromatic nitrogens is 4. The number of hydrogen-bond acceptors (Lipinski definition) is 4. The molecule has 28 heavy (non-hydrogen) atoms. The van der Waals surface area contributed by atoms with Crippen LogP contribution in [0.15, 0.2) is 64.5 Å². The van der Waals surface area contributed by atoms with Crippen LogP contribution in [0.3, 0.4) is 0 Å². The van der Waals surface area contributed by atoms with Gasteiger partial charge >= 0.3 is 0 Å². The van der Waals surface area contributed by atoms with E-state index in [-0.39, 0.29) is 5.56 Å². The fourth-order valence-corrected chi connectivity index (χ4v) is 4.58. The summed E-state index contributed by atoms with van der Waals surface area (Å²) in [6.45, 7) is 4.15. The van der Waals surface area contributed by atoms with Crippen LogP contribution in [0, 0.1) is 13.8 Å². The highest BCUT2D eigenvalue weighted by atomic mass is 32.2. The number of hydrogen-bond donors (Lipinski definition) is 1. The molecule has 6 heteroatoms. The molecule has 0 aliphatic rings. The van der Waals surface area contributed by atoms with Crippen LogP contribution < -0.4 is 5.56 Å². The smallest absolute Gasteiger partial charge is 0.248 e. The molecule has 0 radical (unpaired) electrons. The van der Waals surface area contributed by atoms with Crippen LogP contribution in [0.25, 0.3) is 27.5 Å². The van der Waals surface area contributed by atoms with Crippen molar-refractivity contribution in [2.24, 2.45) is 0 Å². The third kappa shape index (κ3) is 2.77. The quantitative estimate of drug-likeness (QED) is 0.459. The van der Waals surface area contributed by atoms with Crippen molar-refractivity contribution < 1.29 is 0 Å². The molecule has 138 valence electrons. The molecule has 0 aliphatic heterocycles. The van der Waals surface area contributed by atoms with Crippen molar-refractivity contribution in [2.75, 3.05) is 0 Å². The van der Waals surface area contributed by atoms with Crippen LogP contribution in [0.2, 0.25) is 0 Å². The summed E-state index contributed by atoms with van der Waals surface area (Å²) in [5, 5.41) is 11.9. The summed E-state index contributed by atoms with van der Waals surface area (Å²) in [7, 11) is 0. The van der Waals surface area contributed by atoms with Gasteiger partial charge in [0.15, 0.2) is 10.8 Å². The van der Waals surface area contributed by atoms with Crippen LogP contribution in [0.5, 0.6) is 0 Å². The standard InChI is InChI=1S/C22H18N4OS/c1-13-7-8-15-10-14(2)21-24-25-22(26(21)19(15)9-13)28-12-16-11-20(27)23-18-6-4-3-5-17(16)18/h3-11H,12H2,1-2H3,(H,23,27). The van der Waals surface area contributed by atoms with E-state index in [9.17, 15) is 4.79 Å². The zero-order valence-corrected chi connectivity index (χ0v) is 16.4. The molecule has 0 fully saturated rings. The molecule has 3 heterocycles. The van der Waals surface area contributed by atoms with Crippen molar-refractivity contribution in [1.29, 1.82) is 0 Å². The fourth-order valence-electron chi connectivity index (χ4n) is 3.64. The number of nitrogens with zero attached hydrogens (tertiary/aromatic N) is 3. The molecule has 0 saturated heterocycles. The minimum atomic E-state index is -0.0858. The third-order valence-electron chi connectivity index (χ3n) is 4.98. The average Bonchev–Trinajstić information content (AvgIpc) is 3.11. The summed E-state index contributed by atoms with van der Waals surface area (Å²) in [6, 6.07) is 18.1. The zero-order valence-electron chi connectivity index (χ0n) is 15.6. The molecular weight excluding hydrogens is 368 g/mol. The molecule has 0 saturated carbocycles. The van der Waals surface area contributed by atoms with E-state index in [1.807, 2.05) is 24.3 Å². The molecule has 3 aromatic heterocycles. The Hall–Kier alpha value is -3.12. The van der Waals surface area contributed by atoms with E-state index in [2.05, 4.69) is 57.7 Å². The molecule has 1 N–H and O–H groups in total. The maximum absolute atomic E-state index is 12.0. The molecule has 0 unspecified atom stereocenters. The first-order chi connectivity index (χ1) is 13.6. The van der Waals surface area contributed by atoms with E-state index in [1.54, 1.807) is 17.8 Å². The predicted octanol–water partition coefficient (Wildman–Crippen LogP) is 4.63. The number of para-hydroxylation sites is 1. The Bertz CT molecular complexity index is 1420.